The van der Waals surface area contributed by atoms with Crippen LogP contribution in [0.1, 0.15) is 27.2 Å². The van der Waals surface area contributed by atoms with E-state index in [4.69, 9.17) is 0 Å². The molecule has 1 saturated carbocycles. The van der Waals surface area contributed by atoms with E-state index in [1.807, 2.05) is 6.92 Å². The van der Waals surface area contributed by atoms with E-state index >= 15 is 0 Å². The summed E-state index contributed by atoms with van der Waals surface area (Å²) in [6.07, 6.45) is 3.09. The zero-order chi connectivity index (χ0) is 8.22. The van der Waals surface area contributed by atoms with Crippen molar-refractivity contribution in [3.05, 3.63) is 11.6 Å². The van der Waals surface area contributed by atoms with Gasteiger partial charge in [-0.2, -0.15) is 0 Å². The molecule has 2 rings (SSSR count). The summed E-state index contributed by atoms with van der Waals surface area (Å²) in [6, 6.07) is 0. The van der Waals surface area contributed by atoms with Gasteiger partial charge in [0.15, 0.2) is 0 Å². The van der Waals surface area contributed by atoms with Gasteiger partial charge in [-0.15, -0.1) is 0 Å². The van der Waals surface area contributed by atoms with Crippen molar-refractivity contribution in [3.63, 3.8) is 0 Å². The standard InChI is InChI=1S/C10H16O/c1-6-4-7-8(5-9(6)11)10(7,2)3/h4,7-9,11H,5H2,1-3H3/t7-,8-,9+/m1/s1. The third kappa shape index (κ3) is 0.871. The summed E-state index contributed by atoms with van der Waals surface area (Å²) in [4.78, 5) is 0. The molecule has 2 aliphatic carbocycles. The summed E-state index contributed by atoms with van der Waals surface area (Å²) < 4.78 is 0. The zero-order valence-electron chi connectivity index (χ0n) is 7.46. The Hall–Kier alpha value is -0.300. The lowest BCUT2D eigenvalue weighted by molar-refractivity contribution is 0.182. The first kappa shape index (κ1) is 7.35. The quantitative estimate of drug-likeness (QED) is 0.526. The summed E-state index contributed by atoms with van der Waals surface area (Å²) in [5.41, 5.74) is 1.65. The van der Waals surface area contributed by atoms with Crippen LogP contribution in [0.25, 0.3) is 0 Å². The third-order valence-corrected chi connectivity index (χ3v) is 3.58. The van der Waals surface area contributed by atoms with Crippen molar-refractivity contribution in [1.82, 2.24) is 0 Å². The van der Waals surface area contributed by atoms with Gasteiger partial charge in [-0.3, -0.25) is 0 Å². The molecule has 0 bridgehead atoms. The van der Waals surface area contributed by atoms with Crippen molar-refractivity contribution in [2.24, 2.45) is 17.3 Å². The van der Waals surface area contributed by atoms with Crippen molar-refractivity contribution < 1.29 is 5.11 Å². The molecule has 1 heteroatoms. The van der Waals surface area contributed by atoms with E-state index in [2.05, 4.69) is 19.9 Å². The van der Waals surface area contributed by atoms with E-state index in [1.165, 1.54) is 5.57 Å². The highest BCUT2D eigenvalue weighted by molar-refractivity contribution is 5.25. The molecule has 62 valence electrons. The van der Waals surface area contributed by atoms with Crippen molar-refractivity contribution in [1.29, 1.82) is 0 Å². The van der Waals surface area contributed by atoms with Gasteiger partial charge < -0.3 is 5.11 Å². The molecule has 0 aromatic rings. The van der Waals surface area contributed by atoms with E-state index in [0.29, 0.717) is 5.41 Å². The van der Waals surface area contributed by atoms with E-state index in [0.717, 1.165) is 18.3 Å². The normalized spacial score (nSPS) is 46.2. The van der Waals surface area contributed by atoms with Gasteiger partial charge in [0.25, 0.3) is 0 Å². The van der Waals surface area contributed by atoms with Gasteiger partial charge in [0, 0.05) is 0 Å². The van der Waals surface area contributed by atoms with Crippen LogP contribution in [0, 0.1) is 17.3 Å². The maximum Gasteiger partial charge on any atom is 0.0750 e. The van der Waals surface area contributed by atoms with Gasteiger partial charge in [0.05, 0.1) is 6.10 Å². The van der Waals surface area contributed by atoms with E-state index in [9.17, 15) is 5.11 Å². The average Bonchev–Trinajstić information content (AvgIpc) is 2.39. The topological polar surface area (TPSA) is 20.2 Å². The maximum atomic E-state index is 9.54. The van der Waals surface area contributed by atoms with E-state index in [-0.39, 0.29) is 6.10 Å². The summed E-state index contributed by atoms with van der Waals surface area (Å²) in [5.74, 6) is 1.51. The molecule has 1 fully saturated rings. The van der Waals surface area contributed by atoms with Crippen molar-refractivity contribution in [2.45, 2.75) is 33.3 Å². The van der Waals surface area contributed by atoms with Gasteiger partial charge in [-0.25, -0.2) is 0 Å². The molecule has 0 unspecified atom stereocenters. The summed E-state index contributed by atoms with van der Waals surface area (Å²) in [6.45, 7) is 6.63. The van der Waals surface area contributed by atoms with Gasteiger partial charge in [-0.1, -0.05) is 19.9 Å². The van der Waals surface area contributed by atoms with E-state index < -0.39 is 0 Å². The largest absolute Gasteiger partial charge is 0.389 e. The van der Waals surface area contributed by atoms with Crippen molar-refractivity contribution in [3.8, 4) is 0 Å². The lowest BCUT2D eigenvalue weighted by Gasteiger charge is -2.14. The monoisotopic (exact) mass is 152 g/mol. The van der Waals surface area contributed by atoms with Crippen LogP contribution < -0.4 is 0 Å². The summed E-state index contributed by atoms with van der Waals surface area (Å²) >= 11 is 0. The van der Waals surface area contributed by atoms with Crippen LogP contribution in [0.5, 0.6) is 0 Å². The van der Waals surface area contributed by atoms with Crippen LogP contribution in [-0.4, -0.2) is 11.2 Å². The Morgan fingerprint density at radius 1 is 1.55 bits per heavy atom. The zero-order valence-corrected chi connectivity index (χ0v) is 7.46. The first-order valence-corrected chi connectivity index (χ1v) is 4.40. The SMILES string of the molecule is CC1=C[C@@H]2[C@@H](C[C@@H]1O)C2(C)C. The molecule has 1 N–H and O–H groups in total. The first-order valence-electron chi connectivity index (χ1n) is 4.40. The molecular weight excluding hydrogens is 136 g/mol. The summed E-state index contributed by atoms with van der Waals surface area (Å²) in [7, 11) is 0. The second-order valence-electron chi connectivity index (χ2n) is 4.62. The molecule has 0 heterocycles. The van der Waals surface area contributed by atoms with Crippen LogP contribution in [-0.2, 0) is 0 Å². The van der Waals surface area contributed by atoms with Gasteiger partial charge in [-0.05, 0) is 36.2 Å². The molecule has 0 spiro atoms. The predicted octanol–water partition coefficient (Wildman–Crippen LogP) is 1.97. The van der Waals surface area contributed by atoms with Gasteiger partial charge in [0.1, 0.15) is 0 Å². The highest BCUT2D eigenvalue weighted by atomic mass is 16.3. The molecular formula is C10H16O. The Morgan fingerprint density at radius 3 is 2.73 bits per heavy atom. The molecule has 0 aromatic carbocycles. The molecule has 0 aromatic heterocycles. The molecule has 0 aliphatic heterocycles. The van der Waals surface area contributed by atoms with Crippen LogP contribution in [0.2, 0.25) is 0 Å². The second kappa shape index (κ2) is 1.89. The number of hydrogen-bond donors (Lipinski definition) is 1. The number of rotatable bonds is 0. The van der Waals surface area contributed by atoms with E-state index in [1.54, 1.807) is 0 Å². The Balaban J connectivity index is 2.22. The van der Waals surface area contributed by atoms with Crippen LogP contribution in [0.3, 0.4) is 0 Å². The fourth-order valence-corrected chi connectivity index (χ4v) is 2.39. The van der Waals surface area contributed by atoms with Gasteiger partial charge >= 0.3 is 0 Å². The number of fused-ring (bicyclic) bond motifs is 1. The molecule has 3 atom stereocenters. The maximum absolute atomic E-state index is 9.54. The van der Waals surface area contributed by atoms with Crippen LogP contribution in [0.4, 0.5) is 0 Å². The Labute approximate surface area is 68.1 Å². The number of aliphatic hydroxyl groups is 1. The minimum Gasteiger partial charge on any atom is -0.389 e. The fraction of sp³-hybridized carbons (Fsp3) is 0.800. The highest BCUT2D eigenvalue weighted by Gasteiger charge is 2.58. The molecule has 0 amide bonds. The first-order chi connectivity index (χ1) is 5.03. The van der Waals surface area contributed by atoms with Crippen molar-refractivity contribution >= 4 is 0 Å². The Kier molecular flexibility index (Phi) is 1.26. The smallest absolute Gasteiger partial charge is 0.0750 e. The Bertz CT molecular complexity index is 215. The Morgan fingerprint density at radius 2 is 2.18 bits per heavy atom. The third-order valence-electron chi connectivity index (χ3n) is 3.58. The molecule has 0 saturated heterocycles. The molecule has 11 heavy (non-hydrogen) atoms. The predicted molar refractivity (Wildman–Crippen MR) is 45.1 cm³/mol. The number of aliphatic hydroxyl groups excluding tert-OH is 1. The minimum atomic E-state index is -0.155. The minimum absolute atomic E-state index is 0.155. The van der Waals surface area contributed by atoms with Crippen LogP contribution in [0.15, 0.2) is 11.6 Å². The van der Waals surface area contributed by atoms with Gasteiger partial charge in [0.2, 0.25) is 0 Å². The fourth-order valence-electron chi connectivity index (χ4n) is 2.39. The highest BCUT2D eigenvalue weighted by Crippen LogP contribution is 2.63. The molecule has 1 nitrogen and oxygen atoms in total. The lowest BCUT2D eigenvalue weighted by atomic mass is 9.98. The molecule has 2 aliphatic rings. The van der Waals surface area contributed by atoms with Crippen LogP contribution >= 0.6 is 0 Å². The molecule has 0 radical (unpaired) electrons. The average molecular weight is 152 g/mol. The lowest BCUT2D eigenvalue weighted by Crippen LogP contribution is -2.13. The number of allylic oxidation sites excluding steroid dienone is 1. The summed E-state index contributed by atoms with van der Waals surface area (Å²) in [5, 5.41) is 9.54. The van der Waals surface area contributed by atoms with Crippen molar-refractivity contribution in [2.75, 3.05) is 0 Å². The number of hydrogen-bond acceptors (Lipinski definition) is 1. The second-order valence-corrected chi connectivity index (χ2v) is 4.62.